The Labute approximate surface area is 231 Å². The molecule has 196 valence electrons. The molecule has 5 aromatic rings. The summed E-state index contributed by atoms with van der Waals surface area (Å²) in [5.74, 6) is 10.6. The van der Waals surface area contributed by atoms with Gasteiger partial charge in [-0.25, -0.2) is 9.97 Å². The third-order valence-corrected chi connectivity index (χ3v) is 11.8. The molecular formula is C34H30N6. The number of nitrogens with zero attached hydrogens (tertiary/aromatic N) is 2. The molecule has 4 atom stereocenters. The summed E-state index contributed by atoms with van der Waals surface area (Å²) < 4.78 is 0. The summed E-state index contributed by atoms with van der Waals surface area (Å²) in [4.78, 5) is 17.5. The van der Waals surface area contributed by atoms with E-state index in [0.717, 1.165) is 69.8 Å². The molecule has 6 aliphatic rings. The van der Waals surface area contributed by atoms with E-state index in [4.69, 9.17) is 9.97 Å². The van der Waals surface area contributed by atoms with Crippen LogP contribution in [0, 0.1) is 34.5 Å². The molecule has 0 radical (unpaired) electrons. The number of aromatic amines is 2. The van der Waals surface area contributed by atoms with E-state index in [1.54, 1.807) is 0 Å². The van der Waals surface area contributed by atoms with Crippen molar-refractivity contribution in [1.82, 2.24) is 30.6 Å². The first-order valence-corrected chi connectivity index (χ1v) is 15.0. The van der Waals surface area contributed by atoms with Gasteiger partial charge in [-0.2, -0.15) is 0 Å². The van der Waals surface area contributed by atoms with E-state index in [0.29, 0.717) is 10.8 Å². The monoisotopic (exact) mass is 522 g/mol. The molecule has 2 aromatic heterocycles. The van der Waals surface area contributed by atoms with Crippen molar-refractivity contribution in [2.24, 2.45) is 22.7 Å². The highest BCUT2D eigenvalue weighted by Gasteiger charge is 2.75. The summed E-state index contributed by atoms with van der Waals surface area (Å²) in [7, 11) is 0. The van der Waals surface area contributed by atoms with Gasteiger partial charge in [0.15, 0.2) is 0 Å². The maximum atomic E-state index is 5.16. The second-order valence-corrected chi connectivity index (χ2v) is 13.9. The first-order valence-electron chi connectivity index (χ1n) is 15.0. The van der Waals surface area contributed by atoms with Gasteiger partial charge in [0, 0.05) is 29.6 Å². The molecule has 6 fully saturated rings. The van der Waals surface area contributed by atoms with Crippen molar-refractivity contribution in [3.63, 3.8) is 0 Å². The van der Waals surface area contributed by atoms with Crippen LogP contribution in [0.3, 0.4) is 0 Å². The second kappa shape index (κ2) is 6.46. The van der Waals surface area contributed by atoms with Gasteiger partial charge in [-0.1, -0.05) is 24.0 Å². The molecule has 4 N–H and O–H groups in total. The zero-order valence-corrected chi connectivity index (χ0v) is 22.3. The third kappa shape index (κ3) is 2.55. The Morgan fingerprint density at radius 2 is 1.32 bits per heavy atom. The van der Waals surface area contributed by atoms with E-state index in [1.165, 1.54) is 49.3 Å². The van der Waals surface area contributed by atoms with Crippen molar-refractivity contribution in [2.75, 3.05) is 13.1 Å². The second-order valence-electron chi connectivity index (χ2n) is 13.9. The van der Waals surface area contributed by atoms with Gasteiger partial charge in [0.25, 0.3) is 0 Å². The fourth-order valence-electron chi connectivity index (χ4n) is 8.91. The number of H-pyrrole nitrogens is 2. The lowest BCUT2D eigenvalue weighted by Crippen LogP contribution is -2.27. The van der Waals surface area contributed by atoms with Crippen molar-refractivity contribution in [2.45, 2.75) is 49.6 Å². The molecule has 6 nitrogen and oxygen atoms in total. The first-order chi connectivity index (χ1) is 19.6. The summed E-state index contributed by atoms with van der Waals surface area (Å²) in [5, 5.41) is 10.0. The molecule has 6 heteroatoms. The van der Waals surface area contributed by atoms with Gasteiger partial charge in [-0.15, -0.1) is 0 Å². The summed E-state index contributed by atoms with van der Waals surface area (Å²) >= 11 is 0. The molecule has 2 spiro atoms. The van der Waals surface area contributed by atoms with E-state index >= 15 is 0 Å². The van der Waals surface area contributed by atoms with Gasteiger partial charge in [-0.05, 0) is 103 Å². The largest absolute Gasteiger partial charge is 0.340 e. The van der Waals surface area contributed by atoms with E-state index in [9.17, 15) is 0 Å². The van der Waals surface area contributed by atoms with Crippen molar-refractivity contribution in [1.29, 1.82) is 0 Å². The zero-order valence-electron chi connectivity index (χ0n) is 22.3. The van der Waals surface area contributed by atoms with Crippen molar-refractivity contribution in [3.05, 3.63) is 71.3 Å². The Morgan fingerprint density at radius 3 is 2.00 bits per heavy atom. The van der Waals surface area contributed by atoms with Crippen LogP contribution >= 0.6 is 0 Å². The topological polar surface area (TPSA) is 81.4 Å². The Kier molecular flexibility index (Phi) is 3.41. The highest BCUT2D eigenvalue weighted by Crippen LogP contribution is 2.73. The highest BCUT2D eigenvalue weighted by atomic mass is 15.2. The number of nitrogens with one attached hydrogen (secondary N) is 4. The molecule has 40 heavy (non-hydrogen) atoms. The maximum Gasteiger partial charge on any atom is 0.127 e. The Morgan fingerprint density at radius 1 is 0.675 bits per heavy atom. The molecule has 4 heterocycles. The van der Waals surface area contributed by atoms with Crippen LogP contribution in [0.5, 0.6) is 0 Å². The summed E-state index contributed by atoms with van der Waals surface area (Å²) in [5.41, 5.74) is 7.69. The molecule has 2 saturated heterocycles. The van der Waals surface area contributed by atoms with Crippen molar-refractivity contribution >= 4 is 32.8 Å². The Hall–Kier alpha value is -3.66. The highest BCUT2D eigenvalue weighted by molar-refractivity contribution is 6.04. The van der Waals surface area contributed by atoms with Gasteiger partial charge in [0.1, 0.15) is 11.6 Å². The van der Waals surface area contributed by atoms with Crippen LogP contribution in [-0.2, 0) is 11.1 Å². The minimum absolute atomic E-state index is 0.0941. The van der Waals surface area contributed by atoms with Crippen LogP contribution < -0.4 is 10.6 Å². The van der Waals surface area contributed by atoms with Crippen molar-refractivity contribution in [3.8, 4) is 11.8 Å². The quantitative estimate of drug-likeness (QED) is 0.241. The average Bonchev–Trinajstić information content (AvgIpc) is 3.91. The van der Waals surface area contributed by atoms with Gasteiger partial charge in [0.2, 0.25) is 0 Å². The van der Waals surface area contributed by atoms with Gasteiger partial charge < -0.3 is 20.6 Å². The van der Waals surface area contributed by atoms with Gasteiger partial charge in [-0.3, -0.25) is 0 Å². The molecule has 1 unspecified atom stereocenters. The number of fused-ring (bicyclic) bond motifs is 8. The fourth-order valence-corrected chi connectivity index (χ4v) is 8.91. The number of aromatic nitrogens is 4. The SMILES string of the molecule is C(#Cc1ccc2nc([C@@]34C[C@@H]3C3(CC3)CN4)[nH]c2c1)c1ccc2c(ccc3[nH]c([C@@]45CC4C4(CC4)CN5)nc32)c1. The number of rotatable bonds is 2. The normalized spacial score (nSPS) is 32.9. The van der Waals surface area contributed by atoms with Crippen LogP contribution in [0.15, 0.2) is 48.5 Å². The molecular weight excluding hydrogens is 492 g/mol. The predicted molar refractivity (Wildman–Crippen MR) is 155 cm³/mol. The van der Waals surface area contributed by atoms with Crippen LogP contribution in [0.2, 0.25) is 0 Å². The molecule has 11 rings (SSSR count). The lowest BCUT2D eigenvalue weighted by molar-refractivity contribution is 0.486. The van der Waals surface area contributed by atoms with Gasteiger partial charge in [0.05, 0.1) is 33.1 Å². The average molecular weight is 523 g/mol. The first kappa shape index (κ1) is 21.1. The third-order valence-electron chi connectivity index (χ3n) is 11.8. The number of hydrogen-bond acceptors (Lipinski definition) is 4. The van der Waals surface area contributed by atoms with Crippen LogP contribution in [0.25, 0.3) is 32.8 Å². The smallest absolute Gasteiger partial charge is 0.127 e. The molecule has 0 amide bonds. The van der Waals surface area contributed by atoms with E-state index in [2.05, 4.69) is 81.0 Å². The minimum atomic E-state index is 0.0941. The van der Waals surface area contributed by atoms with E-state index in [-0.39, 0.29) is 11.1 Å². The number of benzene rings is 3. The van der Waals surface area contributed by atoms with Gasteiger partial charge >= 0.3 is 0 Å². The lowest BCUT2D eigenvalue weighted by atomic mass is 10.0. The standard InChI is InChI=1S/C34H30N6/c1(2-20-4-7-23-25(14-20)39-29(37-23)33-15-26(33)31(9-10-31)17-35-33)19-3-6-22-21(13-19)5-8-24-28(22)40-30(38-24)34-16-27(34)32(11-12-32)18-36-34/h3-8,13-14,26-27,35-36H,9-12,15-18H2,(H,37,39)(H,38,40)/t26-,27?,33-,34-/m1/s1. The Balaban J connectivity index is 0.902. The van der Waals surface area contributed by atoms with Crippen molar-refractivity contribution < 1.29 is 0 Å². The zero-order chi connectivity index (χ0) is 25.9. The summed E-state index contributed by atoms with van der Waals surface area (Å²) in [6.45, 7) is 2.31. The molecule has 4 aliphatic carbocycles. The summed E-state index contributed by atoms with van der Waals surface area (Å²) in [6.07, 6.45) is 7.99. The predicted octanol–water partition coefficient (Wildman–Crippen LogP) is 5.19. The van der Waals surface area contributed by atoms with Crippen LogP contribution in [0.4, 0.5) is 0 Å². The maximum absolute atomic E-state index is 5.16. The van der Waals surface area contributed by atoms with E-state index < -0.39 is 0 Å². The number of hydrogen-bond donors (Lipinski definition) is 4. The van der Waals surface area contributed by atoms with E-state index in [1.807, 2.05) is 0 Å². The van der Waals surface area contributed by atoms with Crippen LogP contribution in [0.1, 0.15) is 61.3 Å². The number of imidazole rings is 2. The minimum Gasteiger partial charge on any atom is -0.340 e. The molecule has 2 aliphatic heterocycles. The summed E-state index contributed by atoms with van der Waals surface area (Å²) in [6, 6.07) is 17.2. The molecule has 3 aromatic carbocycles. The fraction of sp³-hybridized carbons (Fsp3) is 0.412. The lowest BCUT2D eigenvalue weighted by Gasteiger charge is -2.09. The molecule has 0 bridgehead atoms. The molecule has 4 saturated carbocycles. The number of piperidine rings is 2. The Bertz CT molecular complexity index is 2030. The van der Waals surface area contributed by atoms with Crippen LogP contribution in [-0.4, -0.2) is 33.0 Å².